The van der Waals surface area contributed by atoms with Gasteiger partial charge in [0.05, 0.1) is 5.88 Å². The minimum atomic E-state index is -0.618. The maximum atomic E-state index is 11.2. The molecule has 0 saturated carbocycles. The number of alkyl halides is 1. The second-order valence-electron chi connectivity index (χ2n) is 3.12. The van der Waals surface area contributed by atoms with Gasteiger partial charge in [0.2, 0.25) is 0 Å². The highest BCUT2D eigenvalue weighted by atomic mass is 35.5. The van der Waals surface area contributed by atoms with Crippen molar-refractivity contribution in [2.75, 3.05) is 24.9 Å². The Morgan fingerprint density at radius 1 is 1.33 bits per heavy atom. The van der Waals surface area contributed by atoms with Crippen LogP contribution in [0.4, 0.5) is 15.3 Å². The fourth-order valence-corrected chi connectivity index (χ4v) is 1.16. The summed E-state index contributed by atoms with van der Waals surface area (Å²) >= 11 is 5.38. The molecule has 0 spiro atoms. The highest BCUT2D eigenvalue weighted by Gasteiger charge is 2.05. The average molecular weight is 273 g/mol. The predicted molar refractivity (Wildman–Crippen MR) is 67.2 cm³/mol. The lowest BCUT2D eigenvalue weighted by Gasteiger charge is -2.07. The third kappa shape index (κ3) is 4.92. The van der Waals surface area contributed by atoms with Crippen LogP contribution in [0.25, 0.3) is 0 Å². The normalized spacial score (nSPS) is 9.44. The first-order valence-electron chi connectivity index (χ1n) is 5.15. The summed E-state index contributed by atoms with van der Waals surface area (Å²) in [6.45, 7) is 0.127. The van der Waals surface area contributed by atoms with Crippen molar-refractivity contribution >= 4 is 29.5 Å². The van der Waals surface area contributed by atoms with Crippen LogP contribution in [-0.4, -0.2) is 31.7 Å². The first kappa shape index (κ1) is 14.1. The molecule has 7 heteroatoms. The van der Waals surface area contributed by atoms with Gasteiger partial charge in [0.25, 0.3) is 0 Å². The van der Waals surface area contributed by atoms with E-state index in [1.165, 1.54) is 13.1 Å². The molecule has 1 aromatic carbocycles. The number of hydrogen-bond donors (Lipinski definition) is 2. The van der Waals surface area contributed by atoms with E-state index in [1.807, 2.05) is 0 Å². The van der Waals surface area contributed by atoms with Gasteiger partial charge in [-0.25, -0.2) is 9.59 Å². The number of amides is 2. The summed E-state index contributed by atoms with van der Waals surface area (Å²) in [5, 5.41) is 4.79. The molecule has 1 rings (SSSR count). The van der Waals surface area contributed by atoms with Gasteiger partial charge in [-0.2, -0.15) is 0 Å². The monoisotopic (exact) mass is 272 g/mol. The summed E-state index contributed by atoms with van der Waals surface area (Å²) in [6, 6.07) is 6.36. The van der Waals surface area contributed by atoms with Crippen LogP contribution in [0.2, 0.25) is 0 Å². The predicted octanol–water partition coefficient (Wildman–Crippen LogP) is 2.19. The molecule has 0 aliphatic heterocycles. The fraction of sp³-hybridized carbons (Fsp3) is 0.273. The van der Waals surface area contributed by atoms with Crippen molar-refractivity contribution < 1.29 is 19.1 Å². The summed E-state index contributed by atoms with van der Waals surface area (Å²) in [4.78, 5) is 22.2. The second-order valence-corrected chi connectivity index (χ2v) is 3.50. The first-order valence-corrected chi connectivity index (χ1v) is 5.68. The Balaban J connectivity index is 2.59. The van der Waals surface area contributed by atoms with Gasteiger partial charge in [0.15, 0.2) is 0 Å². The molecular formula is C11H13ClN2O4. The van der Waals surface area contributed by atoms with Crippen LogP contribution in [0.15, 0.2) is 24.3 Å². The molecular weight excluding hydrogens is 260 g/mol. The summed E-state index contributed by atoms with van der Waals surface area (Å²) in [5.41, 5.74) is 0.455. The SMILES string of the molecule is CNC(=O)Oc1cccc(NC(=O)OCCCl)c1. The smallest absolute Gasteiger partial charge is 0.412 e. The minimum absolute atomic E-state index is 0.127. The van der Waals surface area contributed by atoms with E-state index >= 15 is 0 Å². The van der Waals surface area contributed by atoms with E-state index in [4.69, 9.17) is 21.1 Å². The molecule has 0 aromatic heterocycles. The molecule has 0 unspecified atom stereocenters. The van der Waals surface area contributed by atoms with Crippen molar-refractivity contribution in [2.24, 2.45) is 0 Å². The number of carbonyl (C=O) groups excluding carboxylic acids is 2. The maximum Gasteiger partial charge on any atom is 0.412 e. The number of ether oxygens (including phenoxy) is 2. The maximum absolute atomic E-state index is 11.2. The summed E-state index contributed by atoms with van der Waals surface area (Å²) < 4.78 is 9.64. The number of benzene rings is 1. The van der Waals surface area contributed by atoms with Crippen molar-refractivity contribution in [1.82, 2.24) is 5.32 Å². The molecule has 6 nitrogen and oxygen atoms in total. The van der Waals surface area contributed by atoms with Gasteiger partial charge >= 0.3 is 12.2 Å². The van der Waals surface area contributed by atoms with E-state index in [9.17, 15) is 9.59 Å². The Morgan fingerprint density at radius 3 is 2.78 bits per heavy atom. The second kappa shape index (κ2) is 7.39. The number of nitrogens with one attached hydrogen (secondary N) is 2. The van der Waals surface area contributed by atoms with Gasteiger partial charge in [-0.15, -0.1) is 11.6 Å². The number of hydrogen-bond acceptors (Lipinski definition) is 4. The lowest BCUT2D eigenvalue weighted by Crippen LogP contribution is -2.22. The Hall–Kier alpha value is -1.95. The number of carbonyl (C=O) groups is 2. The average Bonchev–Trinajstić information content (AvgIpc) is 2.36. The molecule has 0 aliphatic rings. The van der Waals surface area contributed by atoms with Crippen LogP contribution in [0.3, 0.4) is 0 Å². The van der Waals surface area contributed by atoms with Gasteiger partial charge < -0.3 is 14.8 Å². The minimum Gasteiger partial charge on any atom is -0.448 e. The standard InChI is InChI=1S/C11H13ClN2O4/c1-13-10(15)18-9-4-2-3-8(7-9)14-11(16)17-6-5-12/h2-4,7H,5-6H2,1H3,(H,13,15)(H,14,16). The molecule has 2 amide bonds. The third-order valence-electron chi connectivity index (χ3n) is 1.81. The van der Waals surface area contributed by atoms with E-state index < -0.39 is 12.2 Å². The molecule has 0 heterocycles. The van der Waals surface area contributed by atoms with E-state index in [-0.39, 0.29) is 12.5 Å². The van der Waals surface area contributed by atoms with Crippen LogP contribution in [0.5, 0.6) is 5.75 Å². The molecule has 0 saturated heterocycles. The van der Waals surface area contributed by atoms with Gasteiger partial charge in [-0.3, -0.25) is 5.32 Å². The van der Waals surface area contributed by atoms with Crippen LogP contribution in [-0.2, 0) is 4.74 Å². The zero-order valence-corrected chi connectivity index (χ0v) is 10.5. The molecule has 0 aliphatic carbocycles. The number of halogens is 1. The Labute approximate surface area is 109 Å². The van der Waals surface area contributed by atoms with E-state index in [2.05, 4.69) is 10.6 Å². The zero-order valence-electron chi connectivity index (χ0n) is 9.73. The van der Waals surface area contributed by atoms with Crippen LogP contribution < -0.4 is 15.4 Å². The van der Waals surface area contributed by atoms with Gasteiger partial charge in [-0.05, 0) is 12.1 Å². The lowest BCUT2D eigenvalue weighted by molar-refractivity contribution is 0.168. The van der Waals surface area contributed by atoms with E-state index in [0.29, 0.717) is 11.4 Å². The Morgan fingerprint density at radius 2 is 2.11 bits per heavy atom. The topological polar surface area (TPSA) is 76.7 Å². The van der Waals surface area contributed by atoms with Crippen molar-refractivity contribution in [3.05, 3.63) is 24.3 Å². The van der Waals surface area contributed by atoms with Crippen molar-refractivity contribution in [2.45, 2.75) is 0 Å². The number of rotatable bonds is 4. The Kier molecular flexibility index (Phi) is 5.79. The highest BCUT2D eigenvalue weighted by molar-refractivity contribution is 6.18. The molecule has 0 bridgehead atoms. The summed E-state index contributed by atoms with van der Waals surface area (Å²) in [7, 11) is 1.45. The van der Waals surface area contributed by atoms with Gasteiger partial charge in [0, 0.05) is 18.8 Å². The van der Waals surface area contributed by atoms with Crippen LogP contribution >= 0.6 is 11.6 Å². The Bertz CT molecular complexity index is 425. The van der Waals surface area contributed by atoms with Gasteiger partial charge in [-0.1, -0.05) is 6.07 Å². The van der Waals surface area contributed by atoms with Gasteiger partial charge in [0.1, 0.15) is 12.4 Å². The zero-order chi connectivity index (χ0) is 13.4. The lowest BCUT2D eigenvalue weighted by atomic mass is 10.3. The van der Waals surface area contributed by atoms with Crippen molar-refractivity contribution in [1.29, 1.82) is 0 Å². The fourth-order valence-electron chi connectivity index (χ4n) is 1.08. The first-order chi connectivity index (χ1) is 8.65. The third-order valence-corrected chi connectivity index (χ3v) is 1.96. The van der Waals surface area contributed by atoms with E-state index in [1.54, 1.807) is 18.2 Å². The molecule has 1 aromatic rings. The van der Waals surface area contributed by atoms with Crippen molar-refractivity contribution in [3.63, 3.8) is 0 Å². The summed E-state index contributed by atoms with van der Waals surface area (Å²) in [6.07, 6.45) is -1.20. The highest BCUT2D eigenvalue weighted by Crippen LogP contribution is 2.17. The molecule has 0 atom stereocenters. The number of anilines is 1. The molecule has 18 heavy (non-hydrogen) atoms. The molecule has 0 fully saturated rings. The quantitative estimate of drug-likeness (QED) is 0.824. The summed E-state index contributed by atoms with van der Waals surface area (Å²) in [5.74, 6) is 0.539. The largest absolute Gasteiger partial charge is 0.448 e. The molecule has 2 N–H and O–H groups in total. The molecule has 98 valence electrons. The van der Waals surface area contributed by atoms with Crippen molar-refractivity contribution in [3.8, 4) is 5.75 Å². The van der Waals surface area contributed by atoms with E-state index in [0.717, 1.165) is 0 Å². The van der Waals surface area contributed by atoms with Crippen LogP contribution in [0, 0.1) is 0 Å². The molecule has 0 radical (unpaired) electrons. The van der Waals surface area contributed by atoms with Crippen LogP contribution in [0.1, 0.15) is 0 Å².